The average Bonchev–Trinajstić information content (AvgIpc) is 2.38. The maximum Gasteiger partial charge on any atom is 0.0176 e. The standard InChI is InChI=1S/C17H10/c1-11-5-6-14-8-7-12-3-2-4-13-9-10-15(11)17(14)16(12)13/h1-10H. The highest BCUT2D eigenvalue weighted by Gasteiger charge is 2.16. The van der Waals surface area contributed by atoms with Crippen molar-refractivity contribution in [2.45, 2.75) is 0 Å². The first-order chi connectivity index (χ1) is 8.34. The van der Waals surface area contributed by atoms with Gasteiger partial charge in [-0.2, -0.15) is 0 Å². The first kappa shape index (κ1) is 8.81. The Kier molecular flexibility index (Phi) is 1.49. The summed E-state index contributed by atoms with van der Waals surface area (Å²) >= 11 is 0. The molecule has 2 aliphatic rings. The van der Waals surface area contributed by atoms with Crippen LogP contribution in [0.25, 0.3) is 22.4 Å². The zero-order chi connectivity index (χ0) is 11.4. The molecule has 0 aromatic heterocycles. The first-order valence-electron chi connectivity index (χ1n) is 5.76. The molecule has 2 aromatic carbocycles. The predicted molar refractivity (Wildman–Crippen MR) is 72.2 cm³/mol. The summed E-state index contributed by atoms with van der Waals surface area (Å²) in [5.41, 5.74) is 4.59. The molecule has 0 fully saturated rings. The van der Waals surface area contributed by atoms with Gasteiger partial charge in [-0.15, -0.1) is 23.8 Å². The van der Waals surface area contributed by atoms with Crippen molar-refractivity contribution in [2.75, 3.05) is 0 Å². The van der Waals surface area contributed by atoms with Crippen LogP contribution in [0.15, 0.2) is 48.6 Å². The molecule has 0 heterocycles. The Hall–Kier alpha value is -2.30. The molecule has 0 aliphatic heterocycles. The van der Waals surface area contributed by atoms with Crippen molar-refractivity contribution in [3.05, 3.63) is 77.7 Å². The van der Waals surface area contributed by atoms with E-state index >= 15 is 0 Å². The van der Waals surface area contributed by atoms with E-state index in [-0.39, 0.29) is 0 Å². The summed E-state index contributed by atoms with van der Waals surface area (Å²) in [6.07, 6.45) is 8.44. The Morgan fingerprint density at radius 1 is 0.941 bits per heavy atom. The predicted octanol–water partition coefficient (Wildman–Crippen LogP) is 4.18. The van der Waals surface area contributed by atoms with E-state index in [1.165, 1.54) is 27.8 Å². The molecule has 17 heavy (non-hydrogen) atoms. The van der Waals surface area contributed by atoms with Gasteiger partial charge in [0.15, 0.2) is 0 Å². The van der Waals surface area contributed by atoms with Crippen LogP contribution >= 0.6 is 0 Å². The van der Waals surface area contributed by atoms with E-state index in [1.807, 2.05) is 6.08 Å². The molecule has 0 heteroatoms. The molecule has 0 N–H and O–H groups in total. The summed E-state index contributed by atoms with van der Waals surface area (Å²) in [7, 11) is 0. The largest absolute Gasteiger partial charge is 0.121 e. The second-order valence-electron chi connectivity index (χ2n) is 4.51. The fourth-order valence-electron chi connectivity index (χ4n) is 2.76. The van der Waals surface area contributed by atoms with Gasteiger partial charge in [-0.25, -0.2) is 0 Å². The van der Waals surface area contributed by atoms with E-state index in [2.05, 4.69) is 48.6 Å². The lowest BCUT2D eigenvalue weighted by Crippen LogP contribution is -2.07. The van der Waals surface area contributed by atoms with Crippen LogP contribution in [0.4, 0.5) is 0 Å². The zero-order valence-corrected chi connectivity index (χ0v) is 9.27. The molecule has 2 aliphatic carbocycles. The van der Waals surface area contributed by atoms with Crippen LogP contribution in [0, 0.1) is 12.5 Å². The highest BCUT2D eigenvalue weighted by molar-refractivity contribution is 6.02. The lowest BCUT2D eigenvalue weighted by atomic mass is 9.78. The Labute approximate surface area is 101 Å². The summed E-state index contributed by atoms with van der Waals surface area (Å²) in [5, 5.41) is 2.61. The number of hydrogen-bond donors (Lipinski definition) is 0. The lowest BCUT2D eigenvalue weighted by Gasteiger charge is -2.31. The summed E-state index contributed by atoms with van der Waals surface area (Å²) in [5.74, 6) is 1.26. The van der Waals surface area contributed by atoms with Crippen molar-refractivity contribution in [3.8, 4) is 0 Å². The van der Waals surface area contributed by atoms with Gasteiger partial charge in [-0.1, -0.05) is 64.2 Å². The van der Waals surface area contributed by atoms with Crippen molar-refractivity contribution in [1.29, 1.82) is 0 Å². The summed E-state index contributed by atoms with van der Waals surface area (Å²) in [6.45, 7) is 6.07. The van der Waals surface area contributed by atoms with Gasteiger partial charge in [0, 0.05) is 5.57 Å². The van der Waals surface area contributed by atoms with Crippen molar-refractivity contribution in [1.82, 2.24) is 0 Å². The molecular weight excluding hydrogens is 204 g/mol. The molecule has 0 amide bonds. The molecule has 0 nitrogen and oxygen atoms in total. The molecule has 78 valence electrons. The molecular formula is C17H10. The summed E-state index contributed by atoms with van der Waals surface area (Å²) in [4.78, 5) is 0. The van der Waals surface area contributed by atoms with E-state index in [9.17, 15) is 0 Å². The molecule has 0 saturated heterocycles. The minimum Gasteiger partial charge on any atom is -0.121 e. The third-order valence-corrected chi connectivity index (χ3v) is 3.56. The van der Waals surface area contributed by atoms with Crippen molar-refractivity contribution in [3.63, 3.8) is 0 Å². The van der Waals surface area contributed by atoms with E-state index in [1.54, 1.807) is 0 Å². The van der Waals surface area contributed by atoms with Crippen LogP contribution in [-0.2, 0) is 0 Å². The van der Waals surface area contributed by atoms with E-state index in [4.69, 9.17) is 6.58 Å². The Balaban J connectivity index is 2.25. The number of benzene rings is 2. The van der Waals surface area contributed by atoms with Gasteiger partial charge in [0.1, 0.15) is 0 Å². The van der Waals surface area contributed by atoms with Gasteiger partial charge < -0.3 is 0 Å². The third-order valence-electron chi connectivity index (χ3n) is 3.56. The Morgan fingerprint density at radius 2 is 1.82 bits per heavy atom. The van der Waals surface area contributed by atoms with Crippen molar-refractivity contribution < 1.29 is 0 Å². The molecule has 2 aromatic rings. The van der Waals surface area contributed by atoms with Crippen molar-refractivity contribution >= 4 is 22.4 Å². The first-order valence-corrected chi connectivity index (χ1v) is 5.76. The van der Waals surface area contributed by atoms with Crippen LogP contribution < -0.4 is 0 Å². The average molecular weight is 214 g/mol. The maximum absolute atomic E-state index is 6.07. The minimum atomic E-state index is 0.857. The second-order valence-corrected chi connectivity index (χ2v) is 4.51. The van der Waals surface area contributed by atoms with Crippen LogP contribution in [0.2, 0.25) is 0 Å². The van der Waals surface area contributed by atoms with E-state index in [0.29, 0.717) is 0 Å². The smallest absolute Gasteiger partial charge is 0.0176 e. The van der Waals surface area contributed by atoms with Crippen LogP contribution in [0.5, 0.6) is 0 Å². The molecule has 0 bridgehead atoms. The van der Waals surface area contributed by atoms with Gasteiger partial charge in [-0.3, -0.25) is 0 Å². The Morgan fingerprint density at radius 3 is 2.76 bits per heavy atom. The summed E-state index contributed by atoms with van der Waals surface area (Å²) in [6, 6.07) is 10.7. The maximum atomic E-state index is 6.07. The van der Waals surface area contributed by atoms with Gasteiger partial charge >= 0.3 is 0 Å². The number of rotatable bonds is 0. The van der Waals surface area contributed by atoms with Crippen LogP contribution in [0.1, 0.15) is 16.7 Å². The van der Waals surface area contributed by atoms with Gasteiger partial charge in [-0.05, 0) is 6.58 Å². The lowest BCUT2D eigenvalue weighted by molar-refractivity contribution is 1.34. The molecule has 0 spiro atoms. The van der Waals surface area contributed by atoms with Crippen LogP contribution in [0.3, 0.4) is 0 Å². The zero-order valence-electron chi connectivity index (χ0n) is 9.27. The molecule has 4 rings (SSSR count). The minimum absolute atomic E-state index is 0.857. The fraction of sp³-hybridized carbons (Fsp3) is 0. The monoisotopic (exact) mass is 214 g/mol. The molecule has 0 radical (unpaired) electrons. The fourth-order valence-corrected chi connectivity index (χ4v) is 2.76. The van der Waals surface area contributed by atoms with E-state index < -0.39 is 0 Å². The third kappa shape index (κ3) is 1.03. The highest BCUT2D eigenvalue weighted by atomic mass is 14.3. The summed E-state index contributed by atoms with van der Waals surface area (Å²) < 4.78 is 0. The molecule has 0 saturated carbocycles. The molecule has 0 unspecified atom stereocenters. The normalized spacial score (nSPS) is 15.7. The number of allylic oxidation sites excluding steroid dienone is 4. The van der Waals surface area contributed by atoms with Crippen molar-refractivity contribution in [2.24, 2.45) is 0 Å². The van der Waals surface area contributed by atoms with Gasteiger partial charge in [0.25, 0.3) is 0 Å². The SMILES string of the molecule is [CH+]=C1C=C[C-]2C=Cc3cccc4ccc1c2c34. The van der Waals surface area contributed by atoms with Crippen LogP contribution in [-0.4, -0.2) is 0 Å². The highest BCUT2D eigenvalue weighted by Crippen LogP contribution is 2.41. The second kappa shape index (κ2) is 2.88. The quantitative estimate of drug-likeness (QED) is 0.577. The van der Waals surface area contributed by atoms with E-state index in [0.717, 1.165) is 11.1 Å². The molecule has 0 atom stereocenters. The van der Waals surface area contributed by atoms with Gasteiger partial charge in [0.2, 0.25) is 0 Å². The number of hydrogen-bond acceptors (Lipinski definition) is 0. The van der Waals surface area contributed by atoms with Gasteiger partial charge in [0.05, 0.1) is 0 Å². The Bertz CT molecular complexity index is 714. The topological polar surface area (TPSA) is 0 Å².